The first-order valence-corrected chi connectivity index (χ1v) is 6.27. The summed E-state index contributed by atoms with van der Waals surface area (Å²) >= 11 is 0. The van der Waals surface area contributed by atoms with Crippen molar-refractivity contribution in [3.8, 4) is 0 Å². The van der Waals surface area contributed by atoms with Gasteiger partial charge in [-0.2, -0.15) is 0 Å². The zero-order valence-corrected chi connectivity index (χ0v) is 10.3. The molecule has 1 fully saturated rings. The van der Waals surface area contributed by atoms with E-state index in [2.05, 4.69) is 17.4 Å². The summed E-state index contributed by atoms with van der Waals surface area (Å²) in [7, 11) is 0. The molecule has 2 heteroatoms. The maximum atomic E-state index is 11.8. The fraction of sp³-hybridized carbons (Fsp3) is 0.400. The molecule has 0 spiro atoms. The predicted octanol–water partition coefficient (Wildman–Crippen LogP) is 3.15. The highest BCUT2D eigenvalue weighted by atomic mass is 16.1. The van der Waals surface area contributed by atoms with Crippen molar-refractivity contribution < 1.29 is 4.79 Å². The number of carbonyl (C=O) groups excluding carboxylic acids is 1. The van der Waals surface area contributed by atoms with Crippen LogP contribution in [0.15, 0.2) is 42.5 Å². The van der Waals surface area contributed by atoms with Crippen LogP contribution in [0.3, 0.4) is 0 Å². The van der Waals surface area contributed by atoms with Gasteiger partial charge in [0.15, 0.2) is 0 Å². The number of hydrogen-bond acceptors (Lipinski definition) is 1. The van der Waals surface area contributed by atoms with Gasteiger partial charge in [-0.25, -0.2) is 0 Å². The number of carbonyl (C=O) groups is 1. The fourth-order valence-electron chi connectivity index (χ4n) is 2.65. The van der Waals surface area contributed by atoms with Gasteiger partial charge in [0.1, 0.15) is 0 Å². The first-order chi connectivity index (χ1) is 8.27. The first-order valence-electron chi connectivity index (χ1n) is 6.27. The van der Waals surface area contributed by atoms with Gasteiger partial charge in [-0.15, -0.1) is 0 Å². The second-order valence-corrected chi connectivity index (χ2v) is 4.64. The molecule has 0 aliphatic heterocycles. The lowest BCUT2D eigenvalue weighted by atomic mass is 9.88. The Labute approximate surface area is 103 Å². The Morgan fingerprint density at radius 1 is 1.24 bits per heavy atom. The van der Waals surface area contributed by atoms with Crippen LogP contribution in [0.2, 0.25) is 0 Å². The van der Waals surface area contributed by atoms with E-state index in [4.69, 9.17) is 0 Å². The topological polar surface area (TPSA) is 29.1 Å². The molecule has 90 valence electrons. The average Bonchev–Trinajstić information content (AvgIpc) is 2.80. The molecule has 2 rings (SSSR count). The summed E-state index contributed by atoms with van der Waals surface area (Å²) in [5.41, 5.74) is 1.09. The molecule has 1 amide bonds. The third-order valence-corrected chi connectivity index (χ3v) is 3.46. The predicted molar refractivity (Wildman–Crippen MR) is 69.5 cm³/mol. The summed E-state index contributed by atoms with van der Waals surface area (Å²) in [6.07, 6.45) is 7.84. The molecule has 0 bridgehead atoms. The second kappa shape index (κ2) is 5.17. The highest BCUT2D eigenvalue weighted by Crippen LogP contribution is 2.38. The lowest BCUT2D eigenvalue weighted by Gasteiger charge is -2.30. The van der Waals surface area contributed by atoms with E-state index in [1.54, 1.807) is 12.2 Å². The molecular weight excluding hydrogens is 210 g/mol. The lowest BCUT2D eigenvalue weighted by molar-refractivity contribution is -0.118. The molecule has 2 nitrogen and oxygen atoms in total. The van der Waals surface area contributed by atoms with Gasteiger partial charge in [-0.05, 0) is 31.4 Å². The summed E-state index contributed by atoms with van der Waals surface area (Å²) < 4.78 is 0. The molecule has 0 aromatic heterocycles. The summed E-state index contributed by atoms with van der Waals surface area (Å²) in [5.74, 6) is 0.0123. The number of nitrogens with one attached hydrogen (secondary N) is 1. The van der Waals surface area contributed by atoms with Gasteiger partial charge in [0.25, 0.3) is 0 Å². The van der Waals surface area contributed by atoms with Crippen molar-refractivity contribution in [2.45, 2.75) is 38.1 Å². The smallest absolute Gasteiger partial charge is 0.244 e. The molecule has 1 aliphatic rings. The minimum absolute atomic E-state index is 0.0123. The van der Waals surface area contributed by atoms with Gasteiger partial charge in [-0.3, -0.25) is 4.79 Å². The second-order valence-electron chi connectivity index (χ2n) is 4.64. The van der Waals surface area contributed by atoms with Crippen LogP contribution in [0, 0.1) is 0 Å². The van der Waals surface area contributed by atoms with Gasteiger partial charge in [0.2, 0.25) is 5.91 Å². The lowest BCUT2D eigenvalue weighted by Crippen LogP contribution is -2.43. The molecule has 0 heterocycles. The van der Waals surface area contributed by atoms with E-state index in [0.29, 0.717) is 0 Å². The summed E-state index contributed by atoms with van der Waals surface area (Å²) in [4.78, 5) is 11.8. The number of amides is 1. The molecule has 0 unspecified atom stereocenters. The van der Waals surface area contributed by atoms with Crippen molar-refractivity contribution in [1.82, 2.24) is 5.32 Å². The monoisotopic (exact) mass is 229 g/mol. The van der Waals surface area contributed by atoms with E-state index in [1.165, 1.54) is 18.4 Å². The van der Waals surface area contributed by atoms with Crippen molar-refractivity contribution in [3.05, 3.63) is 48.0 Å². The maximum Gasteiger partial charge on any atom is 0.244 e. The largest absolute Gasteiger partial charge is 0.343 e. The Morgan fingerprint density at radius 2 is 1.88 bits per heavy atom. The van der Waals surface area contributed by atoms with E-state index in [0.717, 1.165) is 12.8 Å². The highest BCUT2D eigenvalue weighted by molar-refractivity contribution is 5.88. The van der Waals surface area contributed by atoms with Crippen LogP contribution in [0.5, 0.6) is 0 Å². The number of rotatable bonds is 3. The molecule has 1 aromatic carbocycles. The normalized spacial score (nSPS) is 18.4. The van der Waals surface area contributed by atoms with Gasteiger partial charge in [0.05, 0.1) is 5.54 Å². The van der Waals surface area contributed by atoms with Gasteiger partial charge in [0, 0.05) is 0 Å². The minimum atomic E-state index is -0.141. The van der Waals surface area contributed by atoms with Crippen molar-refractivity contribution in [2.24, 2.45) is 0 Å². The van der Waals surface area contributed by atoms with Crippen LogP contribution in [-0.2, 0) is 10.3 Å². The number of allylic oxidation sites excluding steroid dienone is 1. The standard InChI is InChI=1S/C15H19NO/c1-2-8-14(17)16-15(11-6-7-12-15)13-9-4-3-5-10-13/h2-5,8-10H,6-7,11-12H2,1H3,(H,16,17)/b8-2+. The van der Waals surface area contributed by atoms with Crippen LogP contribution >= 0.6 is 0 Å². The van der Waals surface area contributed by atoms with E-state index in [-0.39, 0.29) is 11.4 Å². The van der Waals surface area contributed by atoms with Gasteiger partial charge in [-0.1, -0.05) is 49.2 Å². The average molecular weight is 229 g/mol. The minimum Gasteiger partial charge on any atom is -0.343 e. The van der Waals surface area contributed by atoms with Crippen molar-refractivity contribution in [2.75, 3.05) is 0 Å². The molecular formula is C15H19NO. The molecule has 1 saturated carbocycles. The molecule has 1 aliphatic carbocycles. The van der Waals surface area contributed by atoms with Crippen LogP contribution in [0.1, 0.15) is 38.2 Å². The molecule has 0 atom stereocenters. The quantitative estimate of drug-likeness (QED) is 0.793. The van der Waals surface area contributed by atoms with Crippen molar-refractivity contribution in [1.29, 1.82) is 0 Å². The third kappa shape index (κ3) is 2.57. The molecule has 1 aromatic rings. The van der Waals surface area contributed by atoms with Crippen LogP contribution in [-0.4, -0.2) is 5.91 Å². The van der Waals surface area contributed by atoms with E-state index < -0.39 is 0 Å². The van der Waals surface area contributed by atoms with E-state index in [9.17, 15) is 4.79 Å². The molecule has 17 heavy (non-hydrogen) atoms. The SMILES string of the molecule is C/C=C/C(=O)NC1(c2ccccc2)CCCC1. The maximum absolute atomic E-state index is 11.8. The van der Waals surface area contributed by atoms with Gasteiger partial charge >= 0.3 is 0 Å². The fourth-order valence-corrected chi connectivity index (χ4v) is 2.65. The zero-order valence-electron chi connectivity index (χ0n) is 10.3. The summed E-state index contributed by atoms with van der Waals surface area (Å²) in [6.45, 7) is 1.86. The van der Waals surface area contributed by atoms with Crippen LogP contribution < -0.4 is 5.32 Å². The van der Waals surface area contributed by atoms with E-state index in [1.807, 2.05) is 25.1 Å². The molecule has 0 saturated heterocycles. The summed E-state index contributed by atoms with van der Waals surface area (Å²) in [6, 6.07) is 10.3. The van der Waals surface area contributed by atoms with Crippen LogP contribution in [0.4, 0.5) is 0 Å². The Bertz CT molecular complexity index is 402. The Morgan fingerprint density at radius 3 is 2.47 bits per heavy atom. The number of hydrogen-bond donors (Lipinski definition) is 1. The first kappa shape index (κ1) is 11.9. The van der Waals surface area contributed by atoms with Crippen LogP contribution in [0.25, 0.3) is 0 Å². The molecule has 1 N–H and O–H groups in total. The van der Waals surface area contributed by atoms with Gasteiger partial charge < -0.3 is 5.32 Å². The Balaban J connectivity index is 2.24. The summed E-state index contributed by atoms with van der Waals surface area (Å²) in [5, 5.41) is 3.18. The highest BCUT2D eigenvalue weighted by Gasteiger charge is 2.36. The van der Waals surface area contributed by atoms with Crippen molar-refractivity contribution in [3.63, 3.8) is 0 Å². The number of benzene rings is 1. The molecule has 0 radical (unpaired) electrons. The zero-order chi connectivity index (χ0) is 12.1. The third-order valence-electron chi connectivity index (χ3n) is 3.46. The van der Waals surface area contributed by atoms with E-state index >= 15 is 0 Å². The Kier molecular flexibility index (Phi) is 3.62. The van der Waals surface area contributed by atoms with Crippen molar-refractivity contribution >= 4 is 5.91 Å². The Hall–Kier alpha value is -1.57.